The first-order valence-electron chi connectivity index (χ1n) is 7.17. The fourth-order valence-corrected chi connectivity index (χ4v) is 1.74. The van der Waals surface area contributed by atoms with Gasteiger partial charge in [-0.05, 0) is 30.3 Å². The summed E-state index contributed by atoms with van der Waals surface area (Å²) in [5.41, 5.74) is 1.32. The van der Waals surface area contributed by atoms with Crippen molar-refractivity contribution in [1.82, 2.24) is 9.97 Å². The van der Waals surface area contributed by atoms with Crippen LogP contribution in [0.15, 0.2) is 48.9 Å². The topological polar surface area (TPSA) is 107 Å². The summed E-state index contributed by atoms with van der Waals surface area (Å²) in [6, 6.07) is 6.11. The molecule has 1 aromatic heterocycles. The van der Waals surface area contributed by atoms with Crippen LogP contribution in [-0.2, 0) is 19.1 Å². The molecule has 2 rings (SSSR count). The van der Waals surface area contributed by atoms with Gasteiger partial charge in [-0.3, -0.25) is 14.8 Å². The van der Waals surface area contributed by atoms with Crippen LogP contribution in [0.4, 0.5) is 5.69 Å². The van der Waals surface area contributed by atoms with Crippen LogP contribution in [0.3, 0.4) is 0 Å². The highest BCUT2D eigenvalue weighted by atomic mass is 16.5. The Bertz CT molecular complexity index is 773. The molecule has 0 spiro atoms. The molecule has 8 nitrogen and oxygen atoms in total. The summed E-state index contributed by atoms with van der Waals surface area (Å²) >= 11 is 0. The molecule has 128 valence electrons. The number of methoxy groups -OCH3 is 1. The average Bonchev–Trinajstić information content (AvgIpc) is 2.65. The number of carbonyl (C=O) groups is 3. The van der Waals surface area contributed by atoms with Crippen molar-refractivity contribution in [3.63, 3.8) is 0 Å². The van der Waals surface area contributed by atoms with Crippen LogP contribution in [0.5, 0.6) is 0 Å². The first kappa shape index (κ1) is 17.8. The van der Waals surface area contributed by atoms with Crippen molar-refractivity contribution in [2.24, 2.45) is 0 Å². The summed E-state index contributed by atoms with van der Waals surface area (Å²) in [5.74, 6) is -1.66. The van der Waals surface area contributed by atoms with Gasteiger partial charge in [0.25, 0.3) is 5.91 Å². The van der Waals surface area contributed by atoms with Crippen LogP contribution < -0.4 is 5.32 Å². The Morgan fingerprint density at radius 2 is 1.92 bits per heavy atom. The fourth-order valence-electron chi connectivity index (χ4n) is 1.74. The van der Waals surface area contributed by atoms with Crippen molar-refractivity contribution in [3.8, 4) is 0 Å². The summed E-state index contributed by atoms with van der Waals surface area (Å²) in [6.07, 6.45) is 7.07. The molecule has 0 bridgehead atoms. The summed E-state index contributed by atoms with van der Waals surface area (Å²) in [4.78, 5) is 42.4. The number of hydrogen-bond acceptors (Lipinski definition) is 7. The lowest BCUT2D eigenvalue weighted by Gasteiger charge is -2.06. The second-order valence-corrected chi connectivity index (χ2v) is 4.69. The maximum Gasteiger partial charge on any atom is 0.337 e. The number of nitrogens with zero attached hydrogens (tertiary/aromatic N) is 2. The van der Waals surface area contributed by atoms with Gasteiger partial charge in [-0.1, -0.05) is 0 Å². The van der Waals surface area contributed by atoms with Crippen LogP contribution in [-0.4, -0.2) is 41.5 Å². The standard InChI is InChI=1S/C17H15N3O5/c1-24-17(23)12-2-4-13(5-3-12)20-15(21)11-25-16(22)7-6-14-10-18-8-9-19-14/h2-10H,11H2,1H3,(H,20,21)/b7-6-. The summed E-state index contributed by atoms with van der Waals surface area (Å²) in [5, 5.41) is 2.54. The molecule has 0 saturated heterocycles. The van der Waals surface area contributed by atoms with Gasteiger partial charge in [0.2, 0.25) is 0 Å². The molecule has 2 aromatic rings. The van der Waals surface area contributed by atoms with E-state index in [1.54, 1.807) is 12.1 Å². The van der Waals surface area contributed by atoms with Crippen molar-refractivity contribution in [1.29, 1.82) is 0 Å². The Balaban J connectivity index is 1.79. The van der Waals surface area contributed by atoms with Crippen LogP contribution in [0.25, 0.3) is 6.08 Å². The van der Waals surface area contributed by atoms with Crippen LogP contribution in [0.2, 0.25) is 0 Å². The number of nitrogens with one attached hydrogen (secondary N) is 1. The van der Waals surface area contributed by atoms with E-state index in [0.717, 1.165) is 6.08 Å². The van der Waals surface area contributed by atoms with Crippen LogP contribution in [0.1, 0.15) is 16.1 Å². The minimum absolute atomic E-state index is 0.362. The lowest BCUT2D eigenvalue weighted by molar-refractivity contribution is -0.142. The Morgan fingerprint density at radius 3 is 2.56 bits per heavy atom. The molecule has 0 radical (unpaired) electrons. The molecule has 1 heterocycles. The van der Waals surface area contributed by atoms with E-state index in [1.165, 1.54) is 43.9 Å². The molecule has 0 aliphatic heterocycles. The van der Waals surface area contributed by atoms with Gasteiger partial charge in [0, 0.05) is 24.2 Å². The normalized spacial score (nSPS) is 10.3. The van der Waals surface area contributed by atoms with E-state index in [2.05, 4.69) is 20.0 Å². The zero-order valence-electron chi connectivity index (χ0n) is 13.3. The van der Waals surface area contributed by atoms with Gasteiger partial charge < -0.3 is 14.8 Å². The second kappa shape index (κ2) is 8.92. The van der Waals surface area contributed by atoms with Crippen molar-refractivity contribution in [2.45, 2.75) is 0 Å². The highest BCUT2D eigenvalue weighted by Gasteiger charge is 2.08. The van der Waals surface area contributed by atoms with E-state index < -0.39 is 24.5 Å². The molecule has 0 saturated carbocycles. The maximum absolute atomic E-state index is 11.7. The summed E-state index contributed by atoms with van der Waals surface area (Å²) < 4.78 is 9.40. The van der Waals surface area contributed by atoms with Gasteiger partial charge >= 0.3 is 11.9 Å². The van der Waals surface area contributed by atoms with Crippen molar-refractivity contribution >= 4 is 29.6 Å². The SMILES string of the molecule is COC(=O)c1ccc(NC(=O)COC(=O)/C=C\c2cnccn2)cc1. The third kappa shape index (κ3) is 5.87. The van der Waals surface area contributed by atoms with Crippen molar-refractivity contribution in [2.75, 3.05) is 19.0 Å². The molecule has 1 amide bonds. The zero-order valence-corrected chi connectivity index (χ0v) is 13.3. The number of hydrogen-bond donors (Lipinski definition) is 1. The van der Waals surface area contributed by atoms with E-state index in [-0.39, 0.29) is 0 Å². The Labute approximate surface area is 143 Å². The van der Waals surface area contributed by atoms with Gasteiger partial charge in [-0.25, -0.2) is 9.59 Å². The molecular formula is C17H15N3O5. The van der Waals surface area contributed by atoms with Crippen LogP contribution >= 0.6 is 0 Å². The molecule has 1 N–H and O–H groups in total. The number of esters is 2. The zero-order chi connectivity index (χ0) is 18.1. The van der Waals surface area contributed by atoms with Crippen molar-refractivity contribution < 1.29 is 23.9 Å². The minimum atomic E-state index is -0.679. The van der Waals surface area contributed by atoms with Gasteiger partial charge in [0.15, 0.2) is 6.61 Å². The van der Waals surface area contributed by atoms with Crippen LogP contribution in [0, 0.1) is 0 Å². The van der Waals surface area contributed by atoms with Gasteiger partial charge in [0.05, 0.1) is 24.6 Å². The molecule has 0 atom stereocenters. The quantitative estimate of drug-likeness (QED) is 0.626. The molecule has 8 heteroatoms. The first-order chi connectivity index (χ1) is 12.1. The van der Waals surface area contributed by atoms with Gasteiger partial charge in [-0.2, -0.15) is 0 Å². The number of ether oxygens (including phenoxy) is 2. The average molecular weight is 341 g/mol. The second-order valence-electron chi connectivity index (χ2n) is 4.69. The number of aromatic nitrogens is 2. The number of rotatable bonds is 6. The Kier molecular flexibility index (Phi) is 6.35. The smallest absolute Gasteiger partial charge is 0.337 e. The lowest BCUT2D eigenvalue weighted by Crippen LogP contribution is -2.20. The molecular weight excluding hydrogens is 326 g/mol. The molecule has 0 fully saturated rings. The number of benzene rings is 1. The molecule has 1 aromatic carbocycles. The predicted octanol–water partition coefficient (Wildman–Crippen LogP) is 1.46. The molecule has 0 aliphatic rings. The molecule has 25 heavy (non-hydrogen) atoms. The van der Waals surface area contributed by atoms with E-state index in [0.29, 0.717) is 16.9 Å². The maximum atomic E-state index is 11.7. The fraction of sp³-hybridized carbons (Fsp3) is 0.118. The van der Waals surface area contributed by atoms with Gasteiger partial charge in [-0.15, -0.1) is 0 Å². The Hall–Kier alpha value is -3.55. The van der Waals surface area contributed by atoms with E-state index >= 15 is 0 Å². The first-order valence-corrected chi connectivity index (χ1v) is 7.17. The Morgan fingerprint density at radius 1 is 1.16 bits per heavy atom. The lowest BCUT2D eigenvalue weighted by atomic mass is 10.2. The summed E-state index contributed by atoms with van der Waals surface area (Å²) in [7, 11) is 1.28. The highest BCUT2D eigenvalue weighted by molar-refractivity contribution is 5.95. The third-order valence-corrected chi connectivity index (χ3v) is 2.91. The monoisotopic (exact) mass is 341 g/mol. The number of amides is 1. The van der Waals surface area contributed by atoms with E-state index in [4.69, 9.17) is 4.74 Å². The number of anilines is 1. The minimum Gasteiger partial charge on any atom is -0.465 e. The predicted molar refractivity (Wildman–Crippen MR) is 88.4 cm³/mol. The van der Waals surface area contributed by atoms with E-state index in [1.807, 2.05) is 0 Å². The molecule has 0 unspecified atom stereocenters. The third-order valence-electron chi connectivity index (χ3n) is 2.91. The van der Waals surface area contributed by atoms with Gasteiger partial charge in [0.1, 0.15) is 0 Å². The summed E-state index contributed by atoms with van der Waals surface area (Å²) in [6.45, 7) is -0.442. The highest BCUT2D eigenvalue weighted by Crippen LogP contribution is 2.10. The largest absolute Gasteiger partial charge is 0.465 e. The van der Waals surface area contributed by atoms with Crippen molar-refractivity contribution in [3.05, 3.63) is 60.2 Å². The molecule has 0 aliphatic carbocycles. The number of carbonyl (C=O) groups excluding carboxylic acids is 3. The van der Waals surface area contributed by atoms with E-state index in [9.17, 15) is 14.4 Å².